The number of hydrogen-bond acceptors (Lipinski definition) is 3. The number of amides is 1. The van der Waals surface area contributed by atoms with E-state index in [1.54, 1.807) is 0 Å². The highest BCUT2D eigenvalue weighted by Crippen LogP contribution is 2.20. The minimum atomic E-state index is -4.82. The number of primary amides is 1. The first kappa shape index (κ1) is 16.9. The first-order chi connectivity index (χ1) is 8.17. The van der Waals surface area contributed by atoms with Gasteiger partial charge < -0.3 is 5.73 Å². The molecule has 0 fully saturated rings. The van der Waals surface area contributed by atoms with Gasteiger partial charge in [0.25, 0.3) is 0 Å². The maximum atomic E-state index is 11.7. The number of halogens is 3. The van der Waals surface area contributed by atoms with E-state index >= 15 is 0 Å². The zero-order valence-corrected chi connectivity index (χ0v) is 10.4. The summed E-state index contributed by atoms with van der Waals surface area (Å²) in [5.41, 5.74) is 5.15. The predicted octanol–water partition coefficient (Wildman–Crippen LogP) is 2.02. The number of rotatable bonds is 8. The van der Waals surface area contributed by atoms with Crippen LogP contribution in [0, 0.1) is 11.8 Å². The molecular formula is C11H18F3NO3. The van der Waals surface area contributed by atoms with Gasteiger partial charge in [-0.15, -0.1) is 13.2 Å². The Kier molecular flexibility index (Phi) is 6.90. The molecule has 0 aliphatic carbocycles. The molecule has 0 aromatic heterocycles. The summed E-state index contributed by atoms with van der Waals surface area (Å²) in [7, 11) is 0. The van der Waals surface area contributed by atoms with Crippen molar-refractivity contribution < 1.29 is 27.5 Å². The molecule has 7 heteroatoms. The van der Waals surface area contributed by atoms with Crippen LogP contribution in [0.2, 0.25) is 0 Å². The van der Waals surface area contributed by atoms with E-state index in [1.165, 1.54) is 6.92 Å². The van der Waals surface area contributed by atoms with Crippen molar-refractivity contribution in [2.75, 3.05) is 6.61 Å². The minimum absolute atomic E-state index is 0.156. The summed E-state index contributed by atoms with van der Waals surface area (Å²) in [4.78, 5) is 22.4. The maximum absolute atomic E-state index is 11.7. The van der Waals surface area contributed by atoms with E-state index in [4.69, 9.17) is 5.73 Å². The molecule has 18 heavy (non-hydrogen) atoms. The van der Waals surface area contributed by atoms with Crippen LogP contribution >= 0.6 is 0 Å². The number of alkyl halides is 3. The van der Waals surface area contributed by atoms with Crippen LogP contribution in [0.25, 0.3) is 0 Å². The summed E-state index contributed by atoms with van der Waals surface area (Å²) in [6.07, 6.45) is -3.42. The molecule has 0 aliphatic rings. The second-order valence-electron chi connectivity index (χ2n) is 4.23. The Morgan fingerprint density at radius 1 is 1.33 bits per heavy atom. The highest BCUT2D eigenvalue weighted by atomic mass is 19.4. The number of hydrogen-bond donors (Lipinski definition) is 1. The fourth-order valence-corrected chi connectivity index (χ4v) is 1.58. The van der Waals surface area contributed by atoms with E-state index < -0.39 is 36.5 Å². The van der Waals surface area contributed by atoms with Crippen molar-refractivity contribution in [1.82, 2.24) is 0 Å². The zero-order valence-electron chi connectivity index (χ0n) is 10.4. The molecule has 0 aliphatic heterocycles. The van der Waals surface area contributed by atoms with E-state index in [0.29, 0.717) is 12.8 Å². The molecule has 0 aromatic rings. The quantitative estimate of drug-likeness (QED) is 0.733. The van der Waals surface area contributed by atoms with E-state index in [-0.39, 0.29) is 6.42 Å². The molecule has 2 atom stereocenters. The number of ether oxygens (including phenoxy) is 1. The average molecular weight is 269 g/mol. The van der Waals surface area contributed by atoms with Gasteiger partial charge in [0.15, 0.2) is 5.78 Å². The second kappa shape index (κ2) is 7.35. The van der Waals surface area contributed by atoms with Crippen LogP contribution < -0.4 is 5.73 Å². The van der Waals surface area contributed by atoms with Gasteiger partial charge in [0.1, 0.15) is 6.61 Å². The number of nitrogens with two attached hydrogens (primary N) is 1. The third kappa shape index (κ3) is 7.26. The van der Waals surface area contributed by atoms with Gasteiger partial charge >= 0.3 is 6.36 Å². The van der Waals surface area contributed by atoms with Gasteiger partial charge in [-0.2, -0.15) is 0 Å². The van der Waals surface area contributed by atoms with Crippen molar-refractivity contribution >= 4 is 11.7 Å². The van der Waals surface area contributed by atoms with Crippen molar-refractivity contribution in [1.29, 1.82) is 0 Å². The fourth-order valence-electron chi connectivity index (χ4n) is 1.58. The molecule has 0 saturated heterocycles. The van der Waals surface area contributed by atoms with Gasteiger partial charge in [-0.1, -0.05) is 20.3 Å². The lowest BCUT2D eigenvalue weighted by Crippen LogP contribution is -2.29. The van der Waals surface area contributed by atoms with Gasteiger partial charge in [-0.25, -0.2) is 0 Å². The lowest BCUT2D eigenvalue weighted by Gasteiger charge is -2.17. The smallest absolute Gasteiger partial charge is 0.369 e. The summed E-state index contributed by atoms with van der Waals surface area (Å²) in [6, 6.07) is 0. The van der Waals surface area contributed by atoms with Crippen LogP contribution in [-0.4, -0.2) is 24.7 Å². The molecule has 0 rings (SSSR count). The standard InChI is InChI=1S/C11H18F3NO3/c1-3-4-8(10(15)17)5-7(2)9(16)6-18-11(12,13)14/h7-8H,3-6H2,1-2H3,(H2,15,17). The number of Topliss-reactive ketones (excluding diaryl/α,β-unsaturated/α-hetero) is 1. The van der Waals surface area contributed by atoms with Crippen molar-refractivity contribution in [3.05, 3.63) is 0 Å². The number of carbonyl (C=O) groups is 2. The normalized spacial score (nSPS) is 15.2. The molecular weight excluding hydrogens is 251 g/mol. The fraction of sp³-hybridized carbons (Fsp3) is 0.818. The summed E-state index contributed by atoms with van der Waals surface area (Å²) in [5, 5.41) is 0. The summed E-state index contributed by atoms with van der Waals surface area (Å²) < 4.78 is 38.7. The topological polar surface area (TPSA) is 69.4 Å². The molecule has 0 aromatic carbocycles. The van der Waals surface area contributed by atoms with Crippen LogP contribution in [0.3, 0.4) is 0 Å². The monoisotopic (exact) mass is 269 g/mol. The van der Waals surface area contributed by atoms with Crippen LogP contribution in [0.15, 0.2) is 0 Å². The lowest BCUT2D eigenvalue weighted by atomic mass is 9.89. The van der Waals surface area contributed by atoms with E-state index in [1.807, 2.05) is 6.92 Å². The SMILES string of the molecule is CCCC(CC(C)C(=O)COC(F)(F)F)C(N)=O. The van der Waals surface area contributed by atoms with Crippen molar-refractivity contribution in [2.45, 2.75) is 39.5 Å². The van der Waals surface area contributed by atoms with Gasteiger partial charge in [0, 0.05) is 11.8 Å². The maximum Gasteiger partial charge on any atom is 0.522 e. The van der Waals surface area contributed by atoms with E-state index in [0.717, 1.165) is 0 Å². The Bertz CT molecular complexity index is 292. The molecule has 0 radical (unpaired) electrons. The van der Waals surface area contributed by atoms with E-state index in [2.05, 4.69) is 4.74 Å². The molecule has 0 heterocycles. The lowest BCUT2D eigenvalue weighted by molar-refractivity contribution is -0.321. The molecule has 106 valence electrons. The van der Waals surface area contributed by atoms with Crippen molar-refractivity contribution in [2.24, 2.45) is 17.6 Å². The van der Waals surface area contributed by atoms with Crippen LogP contribution in [0.5, 0.6) is 0 Å². The Labute approximate surface area is 104 Å². The van der Waals surface area contributed by atoms with Gasteiger partial charge in [0.05, 0.1) is 0 Å². The van der Waals surface area contributed by atoms with Crippen molar-refractivity contribution in [3.8, 4) is 0 Å². The third-order valence-corrected chi connectivity index (χ3v) is 2.61. The van der Waals surface area contributed by atoms with Crippen molar-refractivity contribution in [3.63, 3.8) is 0 Å². The van der Waals surface area contributed by atoms with Crippen LogP contribution in [-0.2, 0) is 14.3 Å². The van der Waals surface area contributed by atoms with Crippen LogP contribution in [0.4, 0.5) is 13.2 Å². The number of carbonyl (C=O) groups excluding carboxylic acids is 2. The summed E-state index contributed by atoms with van der Waals surface area (Å²) in [6.45, 7) is 2.30. The minimum Gasteiger partial charge on any atom is -0.369 e. The van der Waals surface area contributed by atoms with Gasteiger partial charge in [0.2, 0.25) is 5.91 Å². The Morgan fingerprint density at radius 3 is 2.28 bits per heavy atom. The average Bonchev–Trinajstić information content (AvgIpc) is 2.23. The molecule has 0 bridgehead atoms. The first-order valence-electron chi connectivity index (χ1n) is 5.70. The summed E-state index contributed by atoms with van der Waals surface area (Å²) in [5.74, 6) is -2.39. The summed E-state index contributed by atoms with van der Waals surface area (Å²) >= 11 is 0. The molecule has 1 amide bonds. The highest BCUT2D eigenvalue weighted by molar-refractivity contribution is 5.83. The number of ketones is 1. The Morgan fingerprint density at radius 2 is 1.89 bits per heavy atom. The molecule has 0 saturated carbocycles. The van der Waals surface area contributed by atoms with Gasteiger partial charge in [-0.05, 0) is 12.8 Å². The Hall–Kier alpha value is -1.11. The second-order valence-corrected chi connectivity index (χ2v) is 4.23. The van der Waals surface area contributed by atoms with Gasteiger partial charge in [-0.3, -0.25) is 14.3 Å². The molecule has 2 unspecified atom stereocenters. The zero-order chi connectivity index (χ0) is 14.3. The largest absolute Gasteiger partial charge is 0.522 e. The highest BCUT2D eigenvalue weighted by Gasteiger charge is 2.31. The van der Waals surface area contributed by atoms with E-state index in [9.17, 15) is 22.8 Å². The first-order valence-corrected chi connectivity index (χ1v) is 5.70. The predicted molar refractivity (Wildman–Crippen MR) is 58.4 cm³/mol. The third-order valence-electron chi connectivity index (χ3n) is 2.61. The van der Waals surface area contributed by atoms with Crippen LogP contribution in [0.1, 0.15) is 33.1 Å². The molecule has 2 N–H and O–H groups in total. The molecule has 4 nitrogen and oxygen atoms in total. The Balaban J connectivity index is 4.24. The molecule has 0 spiro atoms.